The molecule has 1 aromatic rings. The van der Waals surface area contributed by atoms with Crippen LogP contribution in [-0.2, 0) is 6.54 Å². The van der Waals surface area contributed by atoms with E-state index in [-0.39, 0.29) is 5.82 Å². The second-order valence-corrected chi connectivity index (χ2v) is 4.06. The molecule has 0 radical (unpaired) electrons. The smallest absolute Gasteiger partial charge is 0.253 e. The fourth-order valence-electron chi connectivity index (χ4n) is 2.01. The highest BCUT2D eigenvalue weighted by Gasteiger charge is 2.19. The van der Waals surface area contributed by atoms with Crippen molar-refractivity contribution < 1.29 is 9.31 Å². The fraction of sp³-hybridized carbons (Fsp3) is 0.333. The molecule has 2 rings (SSSR count). The van der Waals surface area contributed by atoms with Crippen LogP contribution in [0.2, 0.25) is 0 Å². The van der Waals surface area contributed by atoms with Crippen LogP contribution in [0, 0.1) is 15.9 Å². The van der Waals surface area contributed by atoms with Crippen LogP contribution in [0.5, 0.6) is 0 Å². The number of allylic oxidation sites excluding steroid dienone is 1. The molecule has 0 bridgehead atoms. The lowest BCUT2D eigenvalue weighted by Gasteiger charge is -2.18. The van der Waals surface area contributed by atoms with E-state index in [4.69, 9.17) is 0 Å². The molecule has 1 aromatic carbocycles. The maximum absolute atomic E-state index is 12.7. The van der Waals surface area contributed by atoms with Gasteiger partial charge in [-0.3, -0.25) is 10.1 Å². The third-order valence-electron chi connectivity index (χ3n) is 2.81. The number of likely N-dealkylation sites (tertiary alicyclic amines) is 1. The Kier molecular flexibility index (Phi) is 3.37. The first-order chi connectivity index (χ1) is 8.15. The van der Waals surface area contributed by atoms with Crippen molar-refractivity contribution in [2.45, 2.75) is 19.4 Å². The summed E-state index contributed by atoms with van der Waals surface area (Å²) in [6, 6.07) is 6.22. The second kappa shape index (κ2) is 4.95. The molecule has 1 heterocycles. The number of hydrogen-bond donors (Lipinski definition) is 0. The van der Waals surface area contributed by atoms with Crippen LogP contribution in [0.3, 0.4) is 0 Å². The van der Waals surface area contributed by atoms with Gasteiger partial charge in [0.15, 0.2) is 0 Å². The van der Waals surface area contributed by atoms with Gasteiger partial charge in [0, 0.05) is 13.1 Å². The SMILES string of the molecule is O=[N+]([O-])C=C1CCCN1Cc1ccc(F)cc1. The van der Waals surface area contributed by atoms with E-state index in [0.717, 1.165) is 36.8 Å². The first-order valence-corrected chi connectivity index (χ1v) is 5.49. The third-order valence-corrected chi connectivity index (χ3v) is 2.81. The van der Waals surface area contributed by atoms with Crippen LogP contribution < -0.4 is 0 Å². The van der Waals surface area contributed by atoms with Crippen LogP contribution in [0.15, 0.2) is 36.2 Å². The monoisotopic (exact) mass is 236 g/mol. The number of rotatable bonds is 3. The van der Waals surface area contributed by atoms with Crippen molar-refractivity contribution in [3.63, 3.8) is 0 Å². The van der Waals surface area contributed by atoms with Crippen molar-refractivity contribution in [3.8, 4) is 0 Å². The van der Waals surface area contributed by atoms with Gasteiger partial charge in [0.05, 0.1) is 10.6 Å². The highest BCUT2D eigenvalue weighted by Crippen LogP contribution is 2.23. The van der Waals surface area contributed by atoms with Gasteiger partial charge in [-0.15, -0.1) is 0 Å². The summed E-state index contributed by atoms with van der Waals surface area (Å²) in [5.41, 5.74) is 1.71. The summed E-state index contributed by atoms with van der Waals surface area (Å²) >= 11 is 0. The molecule has 1 saturated heterocycles. The first-order valence-electron chi connectivity index (χ1n) is 5.49. The molecule has 4 nitrogen and oxygen atoms in total. The van der Waals surface area contributed by atoms with Gasteiger partial charge in [0.25, 0.3) is 6.20 Å². The van der Waals surface area contributed by atoms with E-state index in [0.29, 0.717) is 6.54 Å². The average molecular weight is 236 g/mol. The van der Waals surface area contributed by atoms with E-state index in [1.54, 1.807) is 12.1 Å². The lowest BCUT2D eigenvalue weighted by Crippen LogP contribution is -2.17. The Balaban J connectivity index is 2.07. The Morgan fingerprint density at radius 1 is 1.41 bits per heavy atom. The summed E-state index contributed by atoms with van der Waals surface area (Å²) < 4.78 is 12.7. The van der Waals surface area contributed by atoms with Crippen molar-refractivity contribution >= 4 is 0 Å². The van der Waals surface area contributed by atoms with E-state index in [1.165, 1.54) is 12.1 Å². The maximum atomic E-state index is 12.7. The van der Waals surface area contributed by atoms with Crippen molar-refractivity contribution in [3.05, 3.63) is 57.7 Å². The van der Waals surface area contributed by atoms with Gasteiger partial charge in [-0.1, -0.05) is 12.1 Å². The standard InChI is InChI=1S/C12H13FN2O2/c13-11-5-3-10(4-6-11)8-14-7-1-2-12(14)9-15(16)17/h3-6,9H,1-2,7-8H2. The molecule has 0 spiro atoms. The molecule has 5 heteroatoms. The Bertz CT molecular complexity index is 442. The zero-order chi connectivity index (χ0) is 12.3. The van der Waals surface area contributed by atoms with Crippen molar-refractivity contribution in [1.82, 2.24) is 4.90 Å². The van der Waals surface area contributed by atoms with Crippen molar-refractivity contribution in [2.24, 2.45) is 0 Å². The summed E-state index contributed by atoms with van der Waals surface area (Å²) in [5.74, 6) is -0.267. The Hall–Kier alpha value is -1.91. The number of halogens is 1. The highest BCUT2D eigenvalue weighted by atomic mass is 19.1. The summed E-state index contributed by atoms with van der Waals surface area (Å²) in [6.45, 7) is 1.41. The van der Waals surface area contributed by atoms with Gasteiger partial charge in [-0.05, 0) is 30.5 Å². The molecule has 0 unspecified atom stereocenters. The third kappa shape index (κ3) is 3.03. The Morgan fingerprint density at radius 3 is 2.76 bits per heavy atom. The molecule has 0 aliphatic carbocycles. The molecule has 90 valence electrons. The molecule has 0 N–H and O–H groups in total. The number of nitrogens with zero attached hydrogens (tertiary/aromatic N) is 2. The summed E-state index contributed by atoms with van der Waals surface area (Å²) in [7, 11) is 0. The summed E-state index contributed by atoms with van der Waals surface area (Å²) in [5, 5.41) is 10.5. The van der Waals surface area contributed by atoms with E-state index in [9.17, 15) is 14.5 Å². The van der Waals surface area contributed by atoms with E-state index >= 15 is 0 Å². The van der Waals surface area contributed by atoms with E-state index < -0.39 is 4.92 Å². The predicted octanol–water partition coefficient (Wildman–Crippen LogP) is 2.54. The molecule has 0 atom stereocenters. The molecule has 0 aromatic heterocycles. The van der Waals surface area contributed by atoms with Crippen molar-refractivity contribution in [2.75, 3.05) is 6.54 Å². The normalized spacial score (nSPS) is 17.7. The van der Waals surface area contributed by atoms with Crippen LogP contribution in [0.1, 0.15) is 18.4 Å². The number of nitro groups is 1. The molecule has 17 heavy (non-hydrogen) atoms. The quantitative estimate of drug-likeness (QED) is 0.598. The van der Waals surface area contributed by atoms with Crippen molar-refractivity contribution in [1.29, 1.82) is 0 Å². The minimum absolute atomic E-state index is 0.267. The zero-order valence-electron chi connectivity index (χ0n) is 9.30. The second-order valence-electron chi connectivity index (χ2n) is 4.06. The lowest BCUT2D eigenvalue weighted by molar-refractivity contribution is -0.404. The molecular weight excluding hydrogens is 223 g/mol. The Labute approximate surface area is 98.5 Å². The Morgan fingerprint density at radius 2 is 2.12 bits per heavy atom. The first kappa shape index (κ1) is 11.6. The van der Waals surface area contributed by atoms with Crippen LogP contribution in [0.25, 0.3) is 0 Å². The van der Waals surface area contributed by atoms with Gasteiger partial charge >= 0.3 is 0 Å². The number of benzene rings is 1. The average Bonchev–Trinajstić information content (AvgIpc) is 2.68. The molecule has 0 amide bonds. The van der Waals surface area contributed by atoms with Crippen LogP contribution >= 0.6 is 0 Å². The van der Waals surface area contributed by atoms with E-state index in [2.05, 4.69) is 0 Å². The maximum Gasteiger partial charge on any atom is 0.253 e. The van der Waals surface area contributed by atoms with Gasteiger partial charge in [-0.25, -0.2) is 4.39 Å². The predicted molar refractivity (Wildman–Crippen MR) is 61.1 cm³/mol. The van der Waals surface area contributed by atoms with Gasteiger partial charge in [0.1, 0.15) is 5.82 Å². The van der Waals surface area contributed by atoms with E-state index in [1.807, 2.05) is 4.90 Å². The largest absolute Gasteiger partial charge is 0.366 e. The van der Waals surface area contributed by atoms with Crippen LogP contribution in [0.4, 0.5) is 4.39 Å². The van der Waals surface area contributed by atoms with Gasteiger partial charge < -0.3 is 4.90 Å². The number of hydrogen-bond acceptors (Lipinski definition) is 3. The zero-order valence-corrected chi connectivity index (χ0v) is 9.30. The summed E-state index contributed by atoms with van der Waals surface area (Å²) in [4.78, 5) is 12.0. The molecule has 1 aliphatic rings. The topological polar surface area (TPSA) is 46.4 Å². The van der Waals surface area contributed by atoms with Gasteiger partial charge in [0.2, 0.25) is 0 Å². The molecule has 1 fully saturated rings. The van der Waals surface area contributed by atoms with Gasteiger partial charge in [-0.2, -0.15) is 0 Å². The minimum atomic E-state index is -0.418. The summed E-state index contributed by atoms with van der Waals surface area (Å²) in [6.07, 6.45) is 2.74. The molecule has 0 saturated carbocycles. The lowest BCUT2D eigenvalue weighted by atomic mass is 10.2. The van der Waals surface area contributed by atoms with Crippen LogP contribution in [-0.4, -0.2) is 16.4 Å². The fourth-order valence-corrected chi connectivity index (χ4v) is 2.01. The molecular formula is C12H13FN2O2. The molecule has 1 aliphatic heterocycles. The minimum Gasteiger partial charge on any atom is -0.366 e. The highest BCUT2D eigenvalue weighted by molar-refractivity contribution is 5.17.